The van der Waals surface area contributed by atoms with E-state index in [-0.39, 0.29) is 5.91 Å². The lowest BCUT2D eigenvalue weighted by Gasteiger charge is -2.32. The molecule has 1 heterocycles. The quantitative estimate of drug-likeness (QED) is 0.852. The summed E-state index contributed by atoms with van der Waals surface area (Å²) in [4.78, 5) is 14.1. The Morgan fingerprint density at radius 3 is 2.65 bits per heavy atom. The molecule has 0 bridgehead atoms. The Morgan fingerprint density at radius 2 is 2.06 bits per heavy atom. The molecule has 1 aromatic rings. The Bertz CT molecular complexity index is 416. The second-order valence-corrected chi connectivity index (χ2v) is 5.02. The molecule has 1 fully saturated rings. The molecule has 1 aliphatic heterocycles. The molecule has 1 atom stereocenters. The topological polar surface area (TPSA) is 32.3 Å². The summed E-state index contributed by atoms with van der Waals surface area (Å²) in [6.07, 6.45) is 0. The van der Waals surface area contributed by atoms with Crippen LogP contribution < -0.4 is 5.32 Å². The highest BCUT2D eigenvalue weighted by atomic mass is 35.5. The zero-order valence-electron chi connectivity index (χ0n) is 9.54. The SMILES string of the molecule is CC1CN(C(=O)c2c(Cl)cccc2Cl)CCN1. The third kappa shape index (κ3) is 2.73. The molecule has 0 radical (unpaired) electrons. The predicted octanol–water partition coefficient (Wildman–Crippen LogP) is 2.43. The molecule has 1 saturated heterocycles. The maximum Gasteiger partial charge on any atom is 0.256 e. The molecule has 1 aromatic carbocycles. The minimum absolute atomic E-state index is 0.0889. The molecule has 2 rings (SSSR count). The summed E-state index contributed by atoms with van der Waals surface area (Å²) in [5.41, 5.74) is 0.407. The fraction of sp³-hybridized carbons (Fsp3) is 0.417. The lowest BCUT2D eigenvalue weighted by molar-refractivity contribution is 0.0709. The maximum absolute atomic E-state index is 12.3. The number of nitrogens with zero attached hydrogens (tertiary/aromatic N) is 1. The number of nitrogens with one attached hydrogen (secondary N) is 1. The molecule has 0 saturated carbocycles. The van der Waals surface area contributed by atoms with Gasteiger partial charge in [0.25, 0.3) is 5.91 Å². The second-order valence-electron chi connectivity index (χ2n) is 4.20. The van der Waals surface area contributed by atoms with E-state index in [0.29, 0.717) is 34.7 Å². The highest BCUT2D eigenvalue weighted by Gasteiger charge is 2.24. The van der Waals surface area contributed by atoms with E-state index in [2.05, 4.69) is 5.32 Å². The highest BCUT2D eigenvalue weighted by molar-refractivity contribution is 6.39. The van der Waals surface area contributed by atoms with Crippen LogP contribution in [0.4, 0.5) is 0 Å². The van der Waals surface area contributed by atoms with Crippen molar-refractivity contribution in [3.8, 4) is 0 Å². The van der Waals surface area contributed by atoms with E-state index in [1.54, 1.807) is 23.1 Å². The predicted molar refractivity (Wildman–Crippen MR) is 69.8 cm³/mol. The van der Waals surface area contributed by atoms with Crippen LogP contribution in [0.3, 0.4) is 0 Å². The third-order valence-corrected chi connectivity index (χ3v) is 3.46. The summed E-state index contributed by atoms with van der Waals surface area (Å²) in [5, 5.41) is 4.11. The van der Waals surface area contributed by atoms with Gasteiger partial charge in [-0.15, -0.1) is 0 Å². The van der Waals surface area contributed by atoms with Gasteiger partial charge < -0.3 is 10.2 Å². The number of hydrogen-bond donors (Lipinski definition) is 1. The first kappa shape index (κ1) is 12.7. The van der Waals surface area contributed by atoms with Crippen molar-refractivity contribution in [2.24, 2.45) is 0 Å². The molecule has 17 heavy (non-hydrogen) atoms. The van der Waals surface area contributed by atoms with Gasteiger partial charge in [0.1, 0.15) is 0 Å². The molecule has 1 amide bonds. The summed E-state index contributed by atoms with van der Waals surface area (Å²) in [6.45, 7) is 4.22. The van der Waals surface area contributed by atoms with Gasteiger partial charge in [-0.1, -0.05) is 29.3 Å². The Labute approximate surface area is 111 Å². The second kappa shape index (κ2) is 5.25. The van der Waals surface area contributed by atoms with Gasteiger partial charge in [-0.05, 0) is 19.1 Å². The maximum atomic E-state index is 12.3. The summed E-state index contributed by atoms with van der Waals surface area (Å²) in [5.74, 6) is -0.0889. The number of piperazine rings is 1. The van der Waals surface area contributed by atoms with Crippen LogP contribution in [-0.4, -0.2) is 36.5 Å². The van der Waals surface area contributed by atoms with Crippen molar-refractivity contribution >= 4 is 29.1 Å². The van der Waals surface area contributed by atoms with Crippen molar-refractivity contribution in [1.29, 1.82) is 0 Å². The average molecular weight is 273 g/mol. The lowest BCUT2D eigenvalue weighted by atomic mass is 10.1. The van der Waals surface area contributed by atoms with Crippen LogP contribution in [0.15, 0.2) is 18.2 Å². The third-order valence-electron chi connectivity index (χ3n) is 2.83. The molecule has 1 N–H and O–H groups in total. The largest absolute Gasteiger partial charge is 0.336 e. The summed E-state index contributed by atoms with van der Waals surface area (Å²) in [7, 11) is 0. The number of halogens is 2. The number of hydrogen-bond acceptors (Lipinski definition) is 2. The van der Waals surface area contributed by atoms with Gasteiger partial charge in [0.2, 0.25) is 0 Å². The number of benzene rings is 1. The molecule has 1 unspecified atom stereocenters. The van der Waals surface area contributed by atoms with Crippen LogP contribution in [0.1, 0.15) is 17.3 Å². The molecule has 92 valence electrons. The number of carbonyl (C=O) groups excluding carboxylic acids is 1. The van der Waals surface area contributed by atoms with E-state index >= 15 is 0 Å². The normalized spacial score (nSPS) is 20.4. The Hall–Kier alpha value is -0.770. The van der Waals surface area contributed by atoms with E-state index in [1.807, 2.05) is 6.92 Å². The Morgan fingerprint density at radius 1 is 1.41 bits per heavy atom. The Balaban J connectivity index is 2.24. The number of rotatable bonds is 1. The van der Waals surface area contributed by atoms with Gasteiger partial charge in [-0.2, -0.15) is 0 Å². The van der Waals surface area contributed by atoms with E-state index in [1.165, 1.54) is 0 Å². The average Bonchev–Trinajstić information content (AvgIpc) is 2.28. The van der Waals surface area contributed by atoms with E-state index < -0.39 is 0 Å². The van der Waals surface area contributed by atoms with E-state index in [4.69, 9.17) is 23.2 Å². The van der Waals surface area contributed by atoms with Gasteiger partial charge in [-0.3, -0.25) is 4.79 Å². The van der Waals surface area contributed by atoms with Gasteiger partial charge in [0.15, 0.2) is 0 Å². The first-order valence-electron chi connectivity index (χ1n) is 5.56. The van der Waals surface area contributed by atoms with Gasteiger partial charge in [0, 0.05) is 25.7 Å². The molecule has 1 aliphatic rings. The highest BCUT2D eigenvalue weighted by Crippen LogP contribution is 2.25. The number of amides is 1. The smallest absolute Gasteiger partial charge is 0.256 e. The van der Waals surface area contributed by atoms with Crippen molar-refractivity contribution in [2.45, 2.75) is 13.0 Å². The van der Waals surface area contributed by atoms with E-state index in [0.717, 1.165) is 6.54 Å². The Kier molecular flexibility index (Phi) is 3.92. The number of carbonyl (C=O) groups is 1. The van der Waals surface area contributed by atoms with Crippen LogP contribution in [-0.2, 0) is 0 Å². The molecule has 0 aromatic heterocycles. The zero-order valence-corrected chi connectivity index (χ0v) is 11.1. The minimum Gasteiger partial charge on any atom is -0.336 e. The van der Waals surface area contributed by atoms with Crippen molar-refractivity contribution < 1.29 is 4.79 Å². The molecule has 0 spiro atoms. The molecule has 3 nitrogen and oxygen atoms in total. The van der Waals surface area contributed by atoms with Crippen molar-refractivity contribution in [1.82, 2.24) is 10.2 Å². The fourth-order valence-corrected chi connectivity index (χ4v) is 2.54. The van der Waals surface area contributed by atoms with Crippen LogP contribution in [0.5, 0.6) is 0 Å². The van der Waals surface area contributed by atoms with Crippen LogP contribution in [0.2, 0.25) is 10.0 Å². The standard InChI is InChI=1S/C12H14Cl2N2O/c1-8-7-16(6-5-15-8)12(17)11-9(13)3-2-4-10(11)14/h2-4,8,15H,5-7H2,1H3. The first-order chi connectivity index (χ1) is 8.09. The van der Waals surface area contributed by atoms with Crippen LogP contribution >= 0.6 is 23.2 Å². The first-order valence-corrected chi connectivity index (χ1v) is 6.32. The van der Waals surface area contributed by atoms with Crippen molar-refractivity contribution in [3.05, 3.63) is 33.8 Å². The zero-order chi connectivity index (χ0) is 12.4. The van der Waals surface area contributed by atoms with Crippen molar-refractivity contribution in [2.75, 3.05) is 19.6 Å². The molecule has 0 aliphatic carbocycles. The fourth-order valence-electron chi connectivity index (χ4n) is 1.98. The monoisotopic (exact) mass is 272 g/mol. The summed E-state index contributed by atoms with van der Waals surface area (Å²) < 4.78 is 0. The lowest BCUT2D eigenvalue weighted by Crippen LogP contribution is -2.51. The van der Waals surface area contributed by atoms with Crippen LogP contribution in [0, 0.1) is 0 Å². The van der Waals surface area contributed by atoms with Gasteiger partial charge in [0.05, 0.1) is 15.6 Å². The van der Waals surface area contributed by atoms with Gasteiger partial charge in [-0.25, -0.2) is 0 Å². The van der Waals surface area contributed by atoms with Crippen LogP contribution in [0.25, 0.3) is 0 Å². The summed E-state index contributed by atoms with van der Waals surface area (Å²) in [6, 6.07) is 5.41. The van der Waals surface area contributed by atoms with E-state index in [9.17, 15) is 4.79 Å². The minimum atomic E-state index is -0.0889. The molecular weight excluding hydrogens is 259 g/mol. The molecule has 5 heteroatoms. The summed E-state index contributed by atoms with van der Waals surface area (Å²) >= 11 is 12.1. The van der Waals surface area contributed by atoms with Crippen molar-refractivity contribution in [3.63, 3.8) is 0 Å². The van der Waals surface area contributed by atoms with Gasteiger partial charge >= 0.3 is 0 Å². The molecular formula is C12H14Cl2N2O.